The molecule has 3 heteroatoms. The molecule has 0 aliphatic heterocycles. The van der Waals surface area contributed by atoms with Gasteiger partial charge in [0.25, 0.3) is 0 Å². The third-order valence-corrected chi connectivity index (χ3v) is 7.43. The average Bonchev–Trinajstić information content (AvgIpc) is 2.94. The lowest BCUT2D eigenvalue weighted by molar-refractivity contribution is 0.0879. The molecule has 0 fully saturated rings. The monoisotopic (exact) mass is 477 g/mol. The Hall–Kier alpha value is -3.40. The summed E-state index contributed by atoms with van der Waals surface area (Å²) in [7, 11) is 0. The van der Waals surface area contributed by atoms with Gasteiger partial charge in [0, 0.05) is 6.04 Å². The van der Waals surface area contributed by atoms with Crippen molar-refractivity contribution in [2.24, 2.45) is 5.92 Å². The SMILES string of the molecule is C[C@H](NCC[C@@H]1CCc2cc(OCc3ccccc3-c3ccccc3)ccc2[C@H]1O)c1ccccc1. The van der Waals surface area contributed by atoms with Crippen LogP contribution < -0.4 is 10.1 Å². The minimum absolute atomic E-state index is 0.275. The molecule has 0 radical (unpaired) electrons. The maximum absolute atomic E-state index is 11.1. The van der Waals surface area contributed by atoms with Gasteiger partial charge < -0.3 is 15.2 Å². The summed E-state index contributed by atoms with van der Waals surface area (Å²) >= 11 is 0. The van der Waals surface area contributed by atoms with Crippen LogP contribution in [0.15, 0.2) is 103 Å². The number of hydrogen-bond acceptors (Lipinski definition) is 3. The first-order valence-corrected chi connectivity index (χ1v) is 13.0. The second-order valence-corrected chi connectivity index (χ2v) is 9.79. The summed E-state index contributed by atoms with van der Waals surface area (Å²) in [6.45, 7) is 3.61. The maximum Gasteiger partial charge on any atom is 0.120 e. The van der Waals surface area contributed by atoms with E-state index in [9.17, 15) is 5.11 Å². The minimum atomic E-state index is -0.421. The molecule has 3 atom stereocenters. The molecule has 36 heavy (non-hydrogen) atoms. The van der Waals surface area contributed by atoms with Crippen molar-refractivity contribution in [3.05, 3.63) is 125 Å². The number of fused-ring (bicyclic) bond motifs is 1. The van der Waals surface area contributed by atoms with Crippen LogP contribution in [0, 0.1) is 5.92 Å². The number of nitrogens with one attached hydrogen (secondary N) is 1. The number of aliphatic hydroxyl groups excluding tert-OH is 1. The number of hydrogen-bond donors (Lipinski definition) is 2. The van der Waals surface area contributed by atoms with E-state index in [-0.39, 0.29) is 5.92 Å². The lowest BCUT2D eigenvalue weighted by Gasteiger charge is -2.31. The van der Waals surface area contributed by atoms with Crippen LogP contribution in [0.2, 0.25) is 0 Å². The summed E-state index contributed by atoms with van der Waals surface area (Å²) in [5, 5.41) is 14.7. The van der Waals surface area contributed by atoms with Crippen LogP contribution >= 0.6 is 0 Å². The molecule has 0 saturated heterocycles. The topological polar surface area (TPSA) is 41.5 Å². The highest BCUT2D eigenvalue weighted by Gasteiger charge is 2.28. The van der Waals surface area contributed by atoms with Gasteiger partial charge in [-0.3, -0.25) is 0 Å². The highest BCUT2D eigenvalue weighted by atomic mass is 16.5. The molecule has 2 N–H and O–H groups in total. The number of rotatable bonds is 9. The second kappa shape index (κ2) is 11.6. The largest absolute Gasteiger partial charge is 0.489 e. The molecule has 1 aliphatic carbocycles. The van der Waals surface area contributed by atoms with Crippen LogP contribution in [-0.2, 0) is 13.0 Å². The zero-order chi connectivity index (χ0) is 24.7. The van der Waals surface area contributed by atoms with Crippen LogP contribution in [0.4, 0.5) is 0 Å². The highest BCUT2D eigenvalue weighted by Crippen LogP contribution is 2.38. The Kier molecular flexibility index (Phi) is 7.80. The minimum Gasteiger partial charge on any atom is -0.489 e. The molecule has 5 rings (SSSR count). The van der Waals surface area contributed by atoms with Gasteiger partial charge in [-0.15, -0.1) is 0 Å². The van der Waals surface area contributed by atoms with Gasteiger partial charge in [-0.2, -0.15) is 0 Å². The van der Waals surface area contributed by atoms with E-state index < -0.39 is 6.10 Å². The molecule has 0 saturated carbocycles. The predicted octanol–water partition coefficient (Wildman–Crippen LogP) is 7.27. The van der Waals surface area contributed by atoms with Crippen molar-refractivity contribution in [2.75, 3.05) is 6.54 Å². The van der Waals surface area contributed by atoms with E-state index in [0.29, 0.717) is 12.6 Å². The lowest BCUT2D eigenvalue weighted by atomic mass is 9.80. The van der Waals surface area contributed by atoms with Crippen LogP contribution in [0.1, 0.15) is 54.2 Å². The van der Waals surface area contributed by atoms with Crippen molar-refractivity contribution >= 4 is 0 Å². The molecule has 3 nitrogen and oxygen atoms in total. The molecule has 1 aliphatic rings. The molecule has 4 aromatic carbocycles. The van der Waals surface area contributed by atoms with E-state index >= 15 is 0 Å². The van der Waals surface area contributed by atoms with Crippen molar-refractivity contribution in [1.29, 1.82) is 0 Å². The summed E-state index contributed by atoms with van der Waals surface area (Å²) in [6, 6.07) is 35.8. The summed E-state index contributed by atoms with van der Waals surface area (Å²) < 4.78 is 6.22. The van der Waals surface area contributed by atoms with Gasteiger partial charge in [-0.25, -0.2) is 0 Å². The average molecular weight is 478 g/mol. The van der Waals surface area contributed by atoms with E-state index in [0.717, 1.165) is 37.1 Å². The third-order valence-electron chi connectivity index (χ3n) is 7.43. The van der Waals surface area contributed by atoms with E-state index in [4.69, 9.17) is 4.74 Å². The Balaban J connectivity index is 1.18. The molecule has 0 heterocycles. The van der Waals surface area contributed by atoms with Gasteiger partial charge in [0.2, 0.25) is 0 Å². The zero-order valence-corrected chi connectivity index (χ0v) is 20.9. The molecule has 4 aromatic rings. The number of benzene rings is 4. The predicted molar refractivity (Wildman–Crippen MR) is 147 cm³/mol. The third kappa shape index (κ3) is 5.70. The molecule has 0 bridgehead atoms. The fourth-order valence-corrected chi connectivity index (χ4v) is 5.28. The molecule has 0 aromatic heterocycles. The molecular formula is C33H35NO2. The summed E-state index contributed by atoms with van der Waals surface area (Å²) in [6.07, 6.45) is 2.51. The van der Waals surface area contributed by atoms with Crippen molar-refractivity contribution in [3.63, 3.8) is 0 Å². The quantitative estimate of drug-likeness (QED) is 0.266. The van der Waals surface area contributed by atoms with Crippen molar-refractivity contribution in [2.45, 2.75) is 44.9 Å². The zero-order valence-electron chi connectivity index (χ0n) is 20.9. The molecule has 0 spiro atoms. The smallest absolute Gasteiger partial charge is 0.120 e. The number of ether oxygens (including phenoxy) is 1. The molecule has 184 valence electrons. The van der Waals surface area contributed by atoms with E-state index in [2.05, 4.69) is 97.2 Å². The number of aliphatic hydroxyl groups is 1. The van der Waals surface area contributed by atoms with Gasteiger partial charge in [0.15, 0.2) is 0 Å². The van der Waals surface area contributed by atoms with Gasteiger partial charge in [-0.1, -0.05) is 91.0 Å². The van der Waals surface area contributed by atoms with Gasteiger partial charge in [0.05, 0.1) is 6.10 Å². The summed E-state index contributed by atoms with van der Waals surface area (Å²) in [5.41, 5.74) is 7.12. The van der Waals surface area contributed by atoms with Gasteiger partial charge >= 0.3 is 0 Å². The highest BCUT2D eigenvalue weighted by molar-refractivity contribution is 5.67. The Labute approximate surface area is 214 Å². The first-order valence-electron chi connectivity index (χ1n) is 13.0. The van der Waals surface area contributed by atoms with E-state index in [1.165, 1.54) is 27.8 Å². The fourth-order valence-electron chi connectivity index (χ4n) is 5.28. The molecular weight excluding hydrogens is 442 g/mol. The van der Waals surface area contributed by atoms with Crippen LogP contribution in [0.5, 0.6) is 5.75 Å². The first kappa shape index (κ1) is 24.3. The normalized spacial score (nSPS) is 17.8. The Morgan fingerprint density at radius 3 is 2.42 bits per heavy atom. The van der Waals surface area contributed by atoms with Crippen molar-refractivity contribution in [1.82, 2.24) is 5.32 Å². The van der Waals surface area contributed by atoms with Gasteiger partial charge in [0.1, 0.15) is 12.4 Å². The van der Waals surface area contributed by atoms with E-state index in [1.54, 1.807) is 0 Å². The Morgan fingerprint density at radius 2 is 1.61 bits per heavy atom. The van der Waals surface area contributed by atoms with Gasteiger partial charge in [-0.05, 0) is 84.2 Å². The number of aryl methyl sites for hydroxylation is 1. The Bertz CT molecular complexity index is 1260. The first-order chi connectivity index (χ1) is 17.7. The Morgan fingerprint density at radius 1 is 0.889 bits per heavy atom. The lowest BCUT2D eigenvalue weighted by Crippen LogP contribution is -2.26. The summed E-state index contributed by atoms with van der Waals surface area (Å²) in [4.78, 5) is 0. The fraction of sp³-hybridized carbons (Fsp3) is 0.273. The van der Waals surface area contributed by atoms with Crippen LogP contribution in [-0.4, -0.2) is 11.7 Å². The van der Waals surface area contributed by atoms with Crippen LogP contribution in [0.3, 0.4) is 0 Å². The second-order valence-electron chi connectivity index (χ2n) is 9.79. The van der Waals surface area contributed by atoms with E-state index in [1.807, 2.05) is 18.2 Å². The van der Waals surface area contributed by atoms with Crippen LogP contribution in [0.25, 0.3) is 11.1 Å². The van der Waals surface area contributed by atoms with Crippen molar-refractivity contribution in [3.8, 4) is 16.9 Å². The maximum atomic E-state index is 11.1. The van der Waals surface area contributed by atoms with Crippen molar-refractivity contribution < 1.29 is 9.84 Å². The standard InChI is InChI=1S/C33H35NO2/c1-24(25-10-4-2-5-11-25)34-21-20-27-16-17-28-22-30(18-19-32(28)33(27)35)36-23-29-14-8-9-15-31(29)26-12-6-3-7-13-26/h2-15,18-19,22,24,27,33-35H,16-17,20-21,23H2,1H3/t24-,27-,33-/m0/s1. The molecule has 0 unspecified atom stereocenters. The summed E-state index contributed by atoms with van der Waals surface area (Å²) in [5.74, 6) is 1.14. The molecule has 0 amide bonds.